The zero-order valence-electron chi connectivity index (χ0n) is 15.1. The summed E-state index contributed by atoms with van der Waals surface area (Å²) in [4.78, 5) is 0. The highest BCUT2D eigenvalue weighted by Gasteiger charge is 2.16. The number of unbranched alkanes of at least 4 members (excludes halogenated alkanes) is 9. The second-order valence-corrected chi connectivity index (χ2v) is 7.68. The summed E-state index contributed by atoms with van der Waals surface area (Å²) in [6.45, 7) is 10.0. The van der Waals surface area contributed by atoms with Crippen LogP contribution in [0.15, 0.2) is 0 Å². The van der Waals surface area contributed by atoms with Gasteiger partial charge < -0.3 is 9.84 Å². The maximum Gasteiger partial charge on any atom is 0.0778 e. The first kappa shape index (κ1) is 20.9. The van der Waals surface area contributed by atoms with Gasteiger partial charge in [0.1, 0.15) is 0 Å². The molecule has 0 saturated heterocycles. The molecule has 0 aliphatic rings. The summed E-state index contributed by atoms with van der Waals surface area (Å²) in [7, 11) is 0. The Morgan fingerprint density at radius 2 is 1.29 bits per heavy atom. The van der Waals surface area contributed by atoms with Crippen molar-refractivity contribution in [2.45, 2.75) is 104 Å². The van der Waals surface area contributed by atoms with Gasteiger partial charge in [-0.25, -0.2) is 0 Å². The number of aliphatic hydroxyl groups is 1. The van der Waals surface area contributed by atoms with Gasteiger partial charge in [-0.2, -0.15) is 0 Å². The Morgan fingerprint density at radius 1 is 0.810 bits per heavy atom. The summed E-state index contributed by atoms with van der Waals surface area (Å²) in [5.74, 6) is 0. The molecule has 0 radical (unpaired) electrons. The highest BCUT2D eigenvalue weighted by molar-refractivity contribution is 4.67. The predicted octanol–water partition coefficient (Wildman–Crippen LogP) is 5.72. The zero-order valence-corrected chi connectivity index (χ0v) is 15.1. The number of hydrogen-bond donors (Lipinski definition) is 1. The largest absolute Gasteiger partial charge is 0.391 e. The van der Waals surface area contributed by atoms with Crippen LogP contribution in [0, 0.1) is 5.41 Å². The van der Waals surface area contributed by atoms with Gasteiger partial charge in [-0.3, -0.25) is 0 Å². The van der Waals surface area contributed by atoms with Crippen LogP contribution in [0.5, 0.6) is 0 Å². The van der Waals surface area contributed by atoms with E-state index in [-0.39, 0.29) is 11.5 Å². The molecule has 0 aliphatic carbocycles. The molecule has 1 unspecified atom stereocenters. The molecular weight excluding hydrogens is 260 g/mol. The zero-order chi connectivity index (χ0) is 16.0. The molecule has 0 saturated carbocycles. The summed E-state index contributed by atoms with van der Waals surface area (Å²) in [5, 5.41) is 9.82. The summed E-state index contributed by atoms with van der Waals surface area (Å²) < 4.78 is 5.56. The standard InChI is InChI=1S/C19H40O2/c1-5-6-7-8-9-10-11-12-13-14-15-21-17-18(20)16-19(2,3)4/h18,20H,5-17H2,1-4H3. The molecule has 0 spiro atoms. The van der Waals surface area contributed by atoms with Crippen molar-refractivity contribution in [2.75, 3.05) is 13.2 Å². The average molecular weight is 301 g/mol. The van der Waals surface area contributed by atoms with Gasteiger partial charge in [-0.1, -0.05) is 85.5 Å². The molecule has 0 aliphatic heterocycles. The SMILES string of the molecule is CCCCCCCCCCCCOCC(O)CC(C)(C)C. The molecule has 1 N–H and O–H groups in total. The van der Waals surface area contributed by atoms with Crippen LogP contribution in [0.1, 0.15) is 98.3 Å². The molecule has 0 aromatic rings. The van der Waals surface area contributed by atoms with E-state index in [0.29, 0.717) is 6.61 Å². The minimum Gasteiger partial charge on any atom is -0.391 e. The number of hydrogen-bond acceptors (Lipinski definition) is 2. The third kappa shape index (κ3) is 17.9. The lowest BCUT2D eigenvalue weighted by Gasteiger charge is -2.22. The second-order valence-electron chi connectivity index (χ2n) is 7.68. The fraction of sp³-hybridized carbons (Fsp3) is 1.00. The molecule has 0 fully saturated rings. The first-order chi connectivity index (χ1) is 9.95. The van der Waals surface area contributed by atoms with Crippen LogP contribution in [-0.2, 0) is 4.74 Å². The number of ether oxygens (including phenoxy) is 1. The molecule has 21 heavy (non-hydrogen) atoms. The number of rotatable bonds is 14. The Morgan fingerprint density at radius 3 is 1.76 bits per heavy atom. The van der Waals surface area contributed by atoms with Crippen LogP contribution in [0.2, 0.25) is 0 Å². The molecule has 0 heterocycles. The van der Waals surface area contributed by atoms with Crippen molar-refractivity contribution in [3.05, 3.63) is 0 Å². The highest BCUT2D eigenvalue weighted by Crippen LogP contribution is 2.20. The van der Waals surface area contributed by atoms with Crippen LogP contribution in [-0.4, -0.2) is 24.4 Å². The fourth-order valence-corrected chi connectivity index (χ4v) is 2.68. The van der Waals surface area contributed by atoms with E-state index < -0.39 is 0 Å². The second kappa shape index (κ2) is 13.6. The summed E-state index contributed by atoms with van der Waals surface area (Å²) in [6.07, 6.45) is 14.0. The van der Waals surface area contributed by atoms with E-state index in [0.717, 1.165) is 19.4 Å². The van der Waals surface area contributed by atoms with Crippen molar-refractivity contribution in [3.63, 3.8) is 0 Å². The van der Waals surface area contributed by atoms with Crippen molar-refractivity contribution < 1.29 is 9.84 Å². The molecule has 2 heteroatoms. The third-order valence-corrected chi connectivity index (χ3v) is 3.80. The quantitative estimate of drug-likeness (QED) is 0.416. The molecular formula is C19H40O2. The van der Waals surface area contributed by atoms with Crippen LogP contribution in [0.3, 0.4) is 0 Å². The Kier molecular flexibility index (Phi) is 13.5. The van der Waals surface area contributed by atoms with E-state index in [1.807, 2.05) is 0 Å². The summed E-state index contributed by atoms with van der Waals surface area (Å²) in [6, 6.07) is 0. The molecule has 0 amide bonds. The number of aliphatic hydroxyl groups excluding tert-OH is 1. The van der Waals surface area contributed by atoms with Gasteiger partial charge in [0, 0.05) is 6.61 Å². The topological polar surface area (TPSA) is 29.5 Å². The highest BCUT2D eigenvalue weighted by atomic mass is 16.5. The maximum atomic E-state index is 9.82. The van der Waals surface area contributed by atoms with Crippen molar-refractivity contribution in [2.24, 2.45) is 5.41 Å². The first-order valence-electron chi connectivity index (χ1n) is 9.21. The normalized spacial score (nSPS) is 13.6. The van der Waals surface area contributed by atoms with E-state index in [9.17, 15) is 5.11 Å². The lowest BCUT2D eigenvalue weighted by atomic mass is 9.89. The third-order valence-electron chi connectivity index (χ3n) is 3.80. The van der Waals surface area contributed by atoms with Crippen LogP contribution in [0.4, 0.5) is 0 Å². The van der Waals surface area contributed by atoms with E-state index in [1.165, 1.54) is 57.8 Å². The monoisotopic (exact) mass is 300 g/mol. The van der Waals surface area contributed by atoms with Crippen molar-refractivity contribution in [1.29, 1.82) is 0 Å². The summed E-state index contributed by atoms with van der Waals surface area (Å²) >= 11 is 0. The van der Waals surface area contributed by atoms with E-state index in [2.05, 4.69) is 27.7 Å². The smallest absolute Gasteiger partial charge is 0.0778 e. The van der Waals surface area contributed by atoms with Crippen molar-refractivity contribution in [3.8, 4) is 0 Å². The minimum atomic E-state index is -0.312. The van der Waals surface area contributed by atoms with Crippen LogP contribution >= 0.6 is 0 Å². The van der Waals surface area contributed by atoms with E-state index in [4.69, 9.17) is 4.74 Å². The van der Waals surface area contributed by atoms with Crippen LogP contribution < -0.4 is 0 Å². The van der Waals surface area contributed by atoms with E-state index in [1.54, 1.807) is 0 Å². The lowest BCUT2D eigenvalue weighted by Crippen LogP contribution is -2.22. The molecule has 128 valence electrons. The summed E-state index contributed by atoms with van der Waals surface area (Å²) in [5.41, 5.74) is 0.180. The Bertz CT molecular complexity index is 208. The van der Waals surface area contributed by atoms with Gasteiger partial charge in [-0.05, 0) is 18.3 Å². The molecule has 0 aromatic heterocycles. The maximum absolute atomic E-state index is 9.82. The fourth-order valence-electron chi connectivity index (χ4n) is 2.68. The van der Waals surface area contributed by atoms with Gasteiger partial charge in [0.25, 0.3) is 0 Å². The van der Waals surface area contributed by atoms with Gasteiger partial charge in [-0.15, -0.1) is 0 Å². The molecule has 0 rings (SSSR count). The van der Waals surface area contributed by atoms with Crippen molar-refractivity contribution >= 4 is 0 Å². The molecule has 2 nitrogen and oxygen atoms in total. The first-order valence-corrected chi connectivity index (χ1v) is 9.21. The Hall–Kier alpha value is -0.0800. The van der Waals surface area contributed by atoms with Crippen molar-refractivity contribution in [1.82, 2.24) is 0 Å². The van der Waals surface area contributed by atoms with Crippen LogP contribution in [0.25, 0.3) is 0 Å². The Balaban J connectivity index is 3.15. The molecule has 0 aromatic carbocycles. The van der Waals surface area contributed by atoms with Gasteiger partial charge in [0.2, 0.25) is 0 Å². The molecule has 1 atom stereocenters. The van der Waals surface area contributed by atoms with Gasteiger partial charge >= 0.3 is 0 Å². The van der Waals surface area contributed by atoms with Gasteiger partial charge in [0.05, 0.1) is 12.7 Å². The van der Waals surface area contributed by atoms with E-state index >= 15 is 0 Å². The average Bonchev–Trinajstić information content (AvgIpc) is 2.38. The Labute approximate surface area is 133 Å². The lowest BCUT2D eigenvalue weighted by molar-refractivity contribution is 0.0150. The molecule has 0 bridgehead atoms. The predicted molar refractivity (Wildman–Crippen MR) is 92.7 cm³/mol. The minimum absolute atomic E-state index is 0.180. The van der Waals surface area contributed by atoms with Gasteiger partial charge in [0.15, 0.2) is 0 Å².